The lowest BCUT2D eigenvalue weighted by molar-refractivity contribution is -0.127. The Morgan fingerprint density at radius 3 is 2.76 bits per heavy atom. The molecular weight excluding hydrogens is 340 g/mol. The molecule has 0 bridgehead atoms. The molecule has 1 aromatic rings. The first-order valence-electron chi connectivity index (χ1n) is 8.96. The molecule has 7 heteroatoms. The van der Waals surface area contributed by atoms with E-state index in [9.17, 15) is 13.2 Å². The molecule has 0 spiro atoms. The summed E-state index contributed by atoms with van der Waals surface area (Å²) < 4.78 is 33.0. The predicted octanol–water partition coefficient (Wildman–Crippen LogP) is 2.25. The number of nitrogens with zero attached hydrogens (tertiary/aromatic N) is 2. The van der Waals surface area contributed by atoms with Crippen molar-refractivity contribution in [1.82, 2.24) is 9.21 Å². The molecule has 2 fully saturated rings. The summed E-state index contributed by atoms with van der Waals surface area (Å²) in [5.41, 5.74) is 0. The van der Waals surface area contributed by atoms with Gasteiger partial charge < -0.3 is 9.64 Å². The van der Waals surface area contributed by atoms with Gasteiger partial charge in [0.05, 0.1) is 12.0 Å². The van der Waals surface area contributed by atoms with Gasteiger partial charge in [-0.25, -0.2) is 8.42 Å². The van der Waals surface area contributed by atoms with Crippen molar-refractivity contribution in [2.75, 3.05) is 26.7 Å². The summed E-state index contributed by atoms with van der Waals surface area (Å²) in [6.07, 6.45) is 5.00. The van der Waals surface area contributed by atoms with Crippen molar-refractivity contribution in [3.63, 3.8) is 0 Å². The van der Waals surface area contributed by atoms with Gasteiger partial charge in [0.1, 0.15) is 5.75 Å². The van der Waals surface area contributed by atoms with Gasteiger partial charge in [0.15, 0.2) is 0 Å². The number of piperidine rings is 1. The van der Waals surface area contributed by atoms with Crippen molar-refractivity contribution >= 4 is 15.9 Å². The SMILES string of the molecule is COc1cccc(S(=O)(=O)N2CCCCC2CCN2CCCC2=O)c1. The summed E-state index contributed by atoms with van der Waals surface area (Å²) in [4.78, 5) is 13.9. The Bertz CT molecular complexity index is 720. The van der Waals surface area contributed by atoms with E-state index < -0.39 is 10.0 Å². The molecule has 25 heavy (non-hydrogen) atoms. The molecule has 0 saturated carbocycles. The number of methoxy groups -OCH3 is 1. The molecule has 6 nitrogen and oxygen atoms in total. The molecule has 138 valence electrons. The van der Waals surface area contributed by atoms with E-state index in [4.69, 9.17) is 4.74 Å². The van der Waals surface area contributed by atoms with Crippen LogP contribution in [0.2, 0.25) is 0 Å². The topological polar surface area (TPSA) is 66.9 Å². The fraction of sp³-hybridized carbons (Fsp3) is 0.611. The fourth-order valence-electron chi connectivity index (χ4n) is 3.72. The largest absolute Gasteiger partial charge is 0.497 e. The average Bonchev–Trinajstić information content (AvgIpc) is 3.05. The fourth-order valence-corrected chi connectivity index (χ4v) is 5.48. The Kier molecular flexibility index (Phi) is 5.64. The molecule has 2 heterocycles. The maximum Gasteiger partial charge on any atom is 0.243 e. The van der Waals surface area contributed by atoms with Gasteiger partial charge in [0.2, 0.25) is 15.9 Å². The number of ether oxygens (including phenoxy) is 1. The number of benzene rings is 1. The Labute approximate surface area is 149 Å². The summed E-state index contributed by atoms with van der Waals surface area (Å²) in [6, 6.07) is 6.59. The molecule has 2 saturated heterocycles. The van der Waals surface area contributed by atoms with E-state index in [1.807, 2.05) is 4.90 Å². The van der Waals surface area contributed by atoms with Crippen LogP contribution in [0.4, 0.5) is 0 Å². The number of sulfonamides is 1. The first-order valence-corrected chi connectivity index (χ1v) is 10.4. The van der Waals surface area contributed by atoms with Crippen LogP contribution in [0.15, 0.2) is 29.2 Å². The molecular formula is C18H26N2O4S. The minimum atomic E-state index is -3.55. The minimum Gasteiger partial charge on any atom is -0.497 e. The van der Waals surface area contributed by atoms with Crippen LogP contribution >= 0.6 is 0 Å². The third-order valence-corrected chi connectivity index (χ3v) is 7.07. The quantitative estimate of drug-likeness (QED) is 0.774. The normalized spacial score (nSPS) is 22.4. The van der Waals surface area contributed by atoms with Crippen LogP contribution in [-0.4, -0.2) is 56.3 Å². The first kappa shape index (κ1) is 18.2. The van der Waals surface area contributed by atoms with Gasteiger partial charge in [0.25, 0.3) is 0 Å². The van der Waals surface area contributed by atoms with Gasteiger partial charge in [0, 0.05) is 38.2 Å². The van der Waals surface area contributed by atoms with E-state index in [-0.39, 0.29) is 16.8 Å². The highest BCUT2D eigenvalue weighted by Gasteiger charge is 2.34. The molecule has 1 unspecified atom stereocenters. The van der Waals surface area contributed by atoms with Crippen LogP contribution < -0.4 is 4.74 Å². The summed E-state index contributed by atoms with van der Waals surface area (Å²) >= 11 is 0. The Morgan fingerprint density at radius 1 is 1.20 bits per heavy atom. The van der Waals surface area contributed by atoms with Crippen LogP contribution in [0.25, 0.3) is 0 Å². The summed E-state index contributed by atoms with van der Waals surface area (Å²) in [5, 5.41) is 0. The molecule has 0 aliphatic carbocycles. The molecule has 0 aromatic heterocycles. The number of carbonyl (C=O) groups excluding carboxylic acids is 1. The van der Waals surface area contributed by atoms with Crippen molar-refractivity contribution in [2.45, 2.75) is 49.5 Å². The van der Waals surface area contributed by atoms with Crippen molar-refractivity contribution in [3.05, 3.63) is 24.3 Å². The number of hydrogen-bond acceptors (Lipinski definition) is 4. The van der Waals surface area contributed by atoms with Gasteiger partial charge in [-0.2, -0.15) is 4.31 Å². The van der Waals surface area contributed by atoms with Crippen molar-refractivity contribution in [1.29, 1.82) is 0 Å². The summed E-state index contributed by atoms with van der Waals surface area (Å²) in [7, 11) is -2.02. The molecule has 1 amide bonds. The summed E-state index contributed by atoms with van der Waals surface area (Å²) in [5.74, 6) is 0.732. The molecule has 0 radical (unpaired) electrons. The number of likely N-dealkylation sites (tertiary alicyclic amines) is 1. The Morgan fingerprint density at radius 2 is 2.04 bits per heavy atom. The number of amides is 1. The lowest BCUT2D eigenvalue weighted by Gasteiger charge is -2.35. The van der Waals surface area contributed by atoms with Crippen molar-refractivity contribution in [2.24, 2.45) is 0 Å². The van der Waals surface area contributed by atoms with E-state index in [1.165, 1.54) is 7.11 Å². The van der Waals surface area contributed by atoms with Crippen LogP contribution in [0.3, 0.4) is 0 Å². The highest BCUT2D eigenvalue weighted by atomic mass is 32.2. The van der Waals surface area contributed by atoms with Gasteiger partial charge >= 0.3 is 0 Å². The van der Waals surface area contributed by atoms with Crippen LogP contribution in [0.1, 0.15) is 38.5 Å². The average molecular weight is 366 g/mol. The summed E-state index contributed by atoms with van der Waals surface area (Å²) in [6.45, 7) is 1.99. The van der Waals surface area contributed by atoms with E-state index in [2.05, 4.69) is 0 Å². The molecule has 1 atom stereocenters. The highest BCUT2D eigenvalue weighted by Crippen LogP contribution is 2.29. The second kappa shape index (κ2) is 7.74. The highest BCUT2D eigenvalue weighted by molar-refractivity contribution is 7.89. The zero-order valence-corrected chi connectivity index (χ0v) is 15.5. The van der Waals surface area contributed by atoms with Crippen LogP contribution in [0, 0.1) is 0 Å². The molecule has 3 rings (SSSR count). The lowest BCUT2D eigenvalue weighted by atomic mass is 10.0. The van der Waals surface area contributed by atoms with Crippen LogP contribution in [0.5, 0.6) is 5.75 Å². The van der Waals surface area contributed by atoms with Crippen molar-refractivity contribution < 1.29 is 17.9 Å². The smallest absolute Gasteiger partial charge is 0.243 e. The maximum absolute atomic E-state index is 13.1. The third kappa shape index (κ3) is 3.98. The molecule has 2 aliphatic heterocycles. The number of carbonyl (C=O) groups is 1. The van der Waals surface area contributed by atoms with Gasteiger partial charge in [-0.3, -0.25) is 4.79 Å². The van der Waals surface area contributed by atoms with E-state index in [0.29, 0.717) is 31.7 Å². The van der Waals surface area contributed by atoms with E-state index in [0.717, 1.165) is 32.2 Å². The predicted molar refractivity (Wildman–Crippen MR) is 95.0 cm³/mol. The number of hydrogen-bond donors (Lipinski definition) is 0. The minimum absolute atomic E-state index is 0.0432. The van der Waals surface area contributed by atoms with Crippen LogP contribution in [-0.2, 0) is 14.8 Å². The zero-order chi connectivity index (χ0) is 17.9. The van der Waals surface area contributed by atoms with Gasteiger partial charge in [-0.05, 0) is 37.8 Å². The van der Waals surface area contributed by atoms with Gasteiger partial charge in [-0.15, -0.1) is 0 Å². The molecule has 1 aromatic carbocycles. The monoisotopic (exact) mass is 366 g/mol. The lowest BCUT2D eigenvalue weighted by Crippen LogP contribution is -2.45. The maximum atomic E-state index is 13.1. The Hall–Kier alpha value is -1.60. The van der Waals surface area contributed by atoms with E-state index >= 15 is 0 Å². The zero-order valence-electron chi connectivity index (χ0n) is 14.7. The standard InChI is InChI=1S/C18H26N2O4S/c1-24-16-7-4-8-17(14-16)25(22,23)20-12-3-2-6-15(20)10-13-19-11-5-9-18(19)21/h4,7-8,14-15H,2-3,5-6,9-13H2,1H3. The molecule has 2 aliphatic rings. The van der Waals surface area contributed by atoms with Crippen molar-refractivity contribution in [3.8, 4) is 5.75 Å². The third-order valence-electron chi connectivity index (χ3n) is 5.12. The number of rotatable bonds is 6. The second-order valence-corrected chi connectivity index (χ2v) is 8.61. The molecule has 0 N–H and O–H groups in total. The van der Waals surface area contributed by atoms with E-state index in [1.54, 1.807) is 28.6 Å². The van der Waals surface area contributed by atoms with Gasteiger partial charge in [-0.1, -0.05) is 12.5 Å². The Balaban J connectivity index is 1.75. The second-order valence-electron chi connectivity index (χ2n) is 6.72. The first-order chi connectivity index (χ1) is 12.0.